The maximum atomic E-state index is 13.1. The summed E-state index contributed by atoms with van der Waals surface area (Å²) in [5.41, 5.74) is 1.62. The fourth-order valence-electron chi connectivity index (χ4n) is 2.82. The third-order valence-electron chi connectivity index (χ3n) is 4.01. The van der Waals surface area contributed by atoms with E-state index in [2.05, 4.69) is 13.0 Å². The lowest BCUT2D eigenvalue weighted by atomic mass is 9.89. The minimum Gasteiger partial charge on any atom is -0.204 e. The molecule has 1 atom stereocenters. The van der Waals surface area contributed by atoms with Gasteiger partial charge in [-0.05, 0) is 43.7 Å². The fraction of sp³-hybridized carbons (Fsp3) is 0.500. The summed E-state index contributed by atoms with van der Waals surface area (Å²) in [6.45, 7) is 2.23. The number of allylic oxidation sites excluding steroid dienone is 2. The SMILES string of the molecule is CCCC1=CCC(C[SiH2]c2ccc(F)c(F)c2)CC1. The van der Waals surface area contributed by atoms with Gasteiger partial charge in [-0.1, -0.05) is 42.3 Å². The summed E-state index contributed by atoms with van der Waals surface area (Å²) in [4.78, 5) is 0. The maximum absolute atomic E-state index is 13.1. The predicted octanol–water partition coefficient (Wildman–Crippen LogP) is 3.70. The molecule has 1 unspecified atom stereocenters. The van der Waals surface area contributed by atoms with Crippen molar-refractivity contribution in [1.82, 2.24) is 0 Å². The minimum atomic E-state index is -0.734. The quantitative estimate of drug-likeness (QED) is 0.570. The molecule has 3 heteroatoms. The summed E-state index contributed by atoms with van der Waals surface area (Å²) in [5, 5.41) is 1.04. The van der Waals surface area contributed by atoms with E-state index in [0.29, 0.717) is 0 Å². The van der Waals surface area contributed by atoms with Crippen molar-refractivity contribution in [3.63, 3.8) is 0 Å². The Kier molecular flexibility index (Phi) is 5.31. The number of hydrogen-bond donors (Lipinski definition) is 0. The van der Waals surface area contributed by atoms with Gasteiger partial charge in [0, 0.05) is 0 Å². The molecule has 0 amide bonds. The van der Waals surface area contributed by atoms with Crippen LogP contribution in [0.4, 0.5) is 8.78 Å². The smallest absolute Gasteiger partial charge is 0.158 e. The van der Waals surface area contributed by atoms with Crippen LogP contribution in [-0.4, -0.2) is 9.52 Å². The zero-order valence-corrected chi connectivity index (χ0v) is 13.0. The lowest BCUT2D eigenvalue weighted by Crippen LogP contribution is -2.19. The lowest BCUT2D eigenvalue weighted by Gasteiger charge is -2.21. The molecule has 0 aromatic heterocycles. The van der Waals surface area contributed by atoms with Crippen LogP contribution < -0.4 is 5.19 Å². The van der Waals surface area contributed by atoms with Gasteiger partial charge in [0.1, 0.15) is 0 Å². The highest BCUT2D eigenvalue weighted by molar-refractivity contribution is 6.53. The maximum Gasteiger partial charge on any atom is 0.158 e. The molecule has 1 aromatic rings. The van der Waals surface area contributed by atoms with Gasteiger partial charge in [-0.3, -0.25) is 0 Å². The van der Waals surface area contributed by atoms with Crippen molar-refractivity contribution in [3.05, 3.63) is 41.5 Å². The molecule has 0 heterocycles. The van der Waals surface area contributed by atoms with Crippen LogP contribution in [0.1, 0.15) is 39.0 Å². The van der Waals surface area contributed by atoms with E-state index in [1.807, 2.05) is 0 Å². The summed E-state index contributed by atoms with van der Waals surface area (Å²) in [5.74, 6) is -0.665. The molecule has 2 rings (SSSR count). The second-order valence-corrected chi connectivity index (χ2v) is 7.43. The van der Waals surface area contributed by atoms with E-state index < -0.39 is 21.2 Å². The Hall–Kier alpha value is -0.963. The summed E-state index contributed by atoms with van der Waals surface area (Å²) in [7, 11) is -0.458. The first-order valence-corrected chi connectivity index (χ1v) is 9.01. The third kappa shape index (κ3) is 4.27. The van der Waals surface area contributed by atoms with E-state index in [1.54, 1.807) is 11.6 Å². The van der Waals surface area contributed by atoms with Gasteiger partial charge in [0.05, 0.1) is 9.52 Å². The second-order valence-electron chi connectivity index (χ2n) is 5.54. The summed E-state index contributed by atoms with van der Waals surface area (Å²) < 4.78 is 26.0. The molecule has 0 bridgehead atoms. The first-order chi connectivity index (χ1) is 9.19. The van der Waals surface area contributed by atoms with Gasteiger partial charge < -0.3 is 0 Å². The molecule has 1 aliphatic rings. The van der Waals surface area contributed by atoms with Gasteiger partial charge in [0.2, 0.25) is 0 Å². The van der Waals surface area contributed by atoms with Crippen LogP contribution in [0.15, 0.2) is 29.8 Å². The molecule has 19 heavy (non-hydrogen) atoms. The van der Waals surface area contributed by atoms with Crippen molar-refractivity contribution in [3.8, 4) is 0 Å². The average molecular weight is 280 g/mol. The average Bonchev–Trinajstić information content (AvgIpc) is 2.42. The zero-order valence-electron chi connectivity index (χ0n) is 11.6. The van der Waals surface area contributed by atoms with Crippen LogP contribution >= 0.6 is 0 Å². The largest absolute Gasteiger partial charge is 0.204 e. The van der Waals surface area contributed by atoms with E-state index in [-0.39, 0.29) is 0 Å². The molecular weight excluding hydrogens is 258 g/mol. The molecule has 104 valence electrons. The van der Waals surface area contributed by atoms with E-state index in [4.69, 9.17) is 0 Å². The number of rotatable bonds is 5. The number of benzene rings is 1. The van der Waals surface area contributed by atoms with E-state index in [0.717, 1.165) is 11.1 Å². The van der Waals surface area contributed by atoms with Crippen LogP contribution in [-0.2, 0) is 0 Å². The Labute approximate surface area is 116 Å². The van der Waals surface area contributed by atoms with Crippen molar-refractivity contribution in [2.45, 2.75) is 45.1 Å². The number of hydrogen-bond acceptors (Lipinski definition) is 0. The number of halogens is 2. The van der Waals surface area contributed by atoms with Crippen molar-refractivity contribution in [1.29, 1.82) is 0 Å². The van der Waals surface area contributed by atoms with Gasteiger partial charge >= 0.3 is 0 Å². The van der Waals surface area contributed by atoms with E-state index >= 15 is 0 Å². The molecular formula is C16H22F2Si. The summed E-state index contributed by atoms with van der Waals surface area (Å²) in [6, 6.07) is 5.62. The van der Waals surface area contributed by atoms with Crippen LogP contribution in [0, 0.1) is 17.6 Å². The summed E-state index contributed by atoms with van der Waals surface area (Å²) >= 11 is 0. The Morgan fingerprint density at radius 2 is 2.11 bits per heavy atom. The first kappa shape index (κ1) is 14.4. The molecule has 0 nitrogen and oxygen atoms in total. The summed E-state index contributed by atoms with van der Waals surface area (Å²) in [6.07, 6.45) is 8.60. The third-order valence-corrected chi connectivity index (χ3v) is 6.13. The van der Waals surface area contributed by atoms with E-state index in [1.165, 1.54) is 50.3 Å². The predicted molar refractivity (Wildman–Crippen MR) is 79.7 cm³/mol. The Morgan fingerprint density at radius 3 is 2.74 bits per heavy atom. The molecule has 0 saturated heterocycles. The Bertz CT molecular complexity index is 454. The van der Waals surface area contributed by atoms with Crippen molar-refractivity contribution in [2.24, 2.45) is 5.92 Å². The normalized spacial score (nSPS) is 19.9. The molecule has 1 aromatic carbocycles. The minimum absolute atomic E-state index is 0.458. The van der Waals surface area contributed by atoms with Crippen LogP contribution in [0.25, 0.3) is 0 Å². The molecule has 0 N–H and O–H groups in total. The molecule has 0 fully saturated rings. The first-order valence-electron chi connectivity index (χ1n) is 7.31. The zero-order chi connectivity index (χ0) is 13.7. The van der Waals surface area contributed by atoms with Gasteiger partial charge in [0.15, 0.2) is 11.6 Å². The fourth-order valence-corrected chi connectivity index (χ4v) is 4.69. The Balaban J connectivity index is 1.82. The van der Waals surface area contributed by atoms with Gasteiger partial charge in [-0.2, -0.15) is 0 Å². The molecule has 0 aliphatic heterocycles. The van der Waals surface area contributed by atoms with Crippen LogP contribution in [0.5, 0.6) is 0 Å². The van der Waals surface area contributed by atoms with Crippen molar-refractivity contribution >= 4 is 14.7 Å². The lowest BCUT2D eigenvalue weighted by molar-refractivity contribution is 0.503. The highest BCUT2D eigenvalue weighted by Crippen LogP contribution is 2.28. The van der Waals surface area contributed by atoms with Crippen LogP contribution in [0.3, 0.4) is 0 Å². The topological polar surface area (TPSA) is 0 Å². The highest BCUT2D eigenvalue weighted by Gasteiger charge is 2.14. The van der Waals surface area contributed by atoms with E-state index in [9.17, 15) is 8.78 Å². The van der Waals surface area contributed by atoms with Gasteiger partial charge in [-0.25, -0.2) is 8.78 Å². The molecule has 0 saturated carbocycles. The monoisotopic (exact) mass is 280 g/mol. The molecule has 1 aliphatic carbocycles. The standard InChI is InChI=1S/C16H22F2Si/c1-2-3-12-4-6-13(7-5-12)11-19-14-8-9-15(17)16(18)10-14/h4,8-10,13H,2-3,5-7,11,19H2,1H3. The molecule has 0 radical (unpaired) electrons. The Morgan fingerprint density at radius 1 is 1.26 bits per heavy atom. The van der Waals surface area contributed by atoms with Gasteiger partial charge in [0.25, 0.3) is 0 Å². The van der Waals surface area contributed by atoms with Crippen LogP contribution in [0.2, 0.25) is 6.04 Å². The highest BCUT2D eigenvalue weighted by atomic mass is 28.2. The molecule has 0 spiro atoms. The van der Waals surface area contributed by atoms with Crippen molar-refractivity contribution in [2.75, 3.05) is 0 Å². The van der Waals surface area contributed by atoms with Crippen molar-refractivity contribution < 1.29 is 8.78 Å². The van der Waals surface area contributed by atoms with Gasteiger partial charge in [-0.15, -0.1) is 0 Å². The second kappa shape index (κ2) is 6.99.